The Hall–Kier alpha value is 0.0747. The van der Waals surface area contributed by atoms with Gasteiger partial charge in [-0.15, -0.1) is 0 Å². The molecular formula is C7H6B5IN-. The number of halogens is 1. The van der Waals surface area contributed by atoms with Gasteiger partial charge < -0.3 is 0 Å². The fraction of sp³-hybridized carbons (Fsp3) is 0.143. The van der Waals surface area contributed by atoms with Gasteiger partial charge in [0.1, 0.15) is 0 Å². The van der Waals surface area contributed by atoms with Gasteiger partial charge in [0.2, 0.25) is 0 Å². The van der Waals surface area contributed by atoms with E-state index in [1.165, 1.54) is 12.6 Å². The summed E-state index contributed by atoms with van der Waals surface area (Å²) >= 11 is -0.0992. The van der Waals surface area contributed by atoms with Gasteiger partial charge in [0.25, 0.3) is 0 Å². The molecule has 1 nitrogen and oxygen atoms in total. The van der Waals surface area contributed by atoms with Crippen molar-refractivity contribution in [3.63, 3.8) is 0 Å². The van der Waals surface area contributed by atoms with E-state index in [2.05, 4.69) is 53.1 Å². The third-order valence-corrected chi connectivity index (χ3v) is 4.31. The van der Waals surface area contributed by atoms with E-state index >= 15 is 0 Å². The number of pyridine rings is 1. The minimum absolute atomic E-state index is 0.0992. The van der Waals surface area contributed by atoms with E-state index in [1.54, 1.807) is 0 Å². The quantitative estimate of drug-likeness (QED) is 0.306. The summed E-state index contributed by atoms with van der Waals surface area (Å²) in [4.78, 5) is 4.38. The molecule has 0 aromatic carbocycles. The van der Waals surface area contributed by atoms with Crippen molar-refractivity contribution in [2.75, 3.05) is 0 Å². The van der Waals surface area contributed by atoms with E-state index in [-0.39, 0.29) is 21.2 Å². The Morgan fingerprint density at radius 1 is 1.29 bits per heavy atom. The van der Waals surface area contributed by atoms with E-state index in [9.17, 15) is 0 Å². The standard InChI is InChI=1S/C7H6B5IN/c1-5-2-3-14-6(4-5)13-7-8-10-12-11-9-7/h2-4H,1H3/q-1. The third kappa shape index (κ3) is 3.04. The van der Waals surface area contributed by atoms with E-state index < -0.39 is 0 Å². The first-order chi connectivity index (χ1) is 6.84. The third-order valence-electron chi connectivity index (χ3n) is 1.82. The van der Waals surface area contributed by atoms with E-state index in [4.69, 9.17) is 0 Å². The number of hydrogen-bond acceptors (Lipinski definition) is 1. The summed E-state index contributed by atoms with van der Waals surface area (Å²) < 4.78 is 2.67. The molecule has 14 heavy (non-hydrogen) atoms. The Kier molecular flexibility index (Phi) is 3.96. The van der Waals surface area contributed by atoms with Crippen LogP contribution in [-0.4, -0.2) is 43.5 Å². The molecule has 0 spiro atoms. The molecule has 2 heterocycles. The van der Waals surface area contributed by atoms with Crippen molar-refractivity contribution in [3.05, 3.63) is 27.6 Å². The van der Waals surface area contributed by atoms with Crippen LogP contribution in [0.3, 0.4) is 0 Å². The van der Waals surface area contributed by atoms with Crippen LogP contribution in [0.2, 0.25) is 0 Å². The van der Waals surface area contributed by atoms with Gasteiger partial charge in [0.15, 0.2) is 0 Å². The summed E-state index contributed by atoms with van der Waals surface area (Å²) in [7, 11) is 8.41. The van der Waals surface area contributed by atoms with Gasteiger partial charge in [-0.1, -0.05) is 0 Å². The summed E-state index contributed by atoms with van der Waals surface area (Å²) in [5, 5.41) is 0. The monoisotopic (exact) mass is 286 g/mol. The molecule has 1 aliphatic rings. The summed E-state index contributed by atoms with van der Waals surface area (Å²) in [6.45, 7) is 4.29. The van der Waals surface area contributed by atoms with Crippen LogP contribution in [0, 0.1) is 10.6 Å². The van der Waals surface area contributed by atoms with Crippen molar-refractivity contribution in [3.8, 4) is 0 Å². The van der Waals surface area contributed by atoms with Crippen LogP contribution >= 0.6 is 0 Å². The molecular weight excluding hydrogens is 279 g/mol. The number of aryl methyl sites for hydroxylation is 1. The molecule has 0 amide bonds. The summed E-state index contributed by atoms with van der Waals surface area (Å²) in [6.07, 6.45) is 1.90. The second kappa shape index (κ2) is 5.24. The van der Waals surface area contributed by atoms with E-state index in [0.717, 1.165) is 0 Å². The van der Waals surface area contributed by atoms with Crippen molar-refractivity contribution in [1.82, 2.24) is 4.98 Å². The molecule has 7 heteroatoms. The Morgan fingerprint density at radius 2 is 2.21 bits per heavy atom. The molecule has 0 saturated carbocycles. The molecule has 1 aliphatic heterocycles. The van der Waals surface area contributed by atoms with Gasteiger partial charge in [-0.2, -0.15) is 0 Å². The van der Waals surface area contributed by atoms with Crippen molar-refractivity contribution in [1.29, 1.82) is 0 Å². The molecule has 0 atom stereocenters. The minimum atomic E-state index is -0.0992. The number of hydrogen-bond donors (Lipinski definition) is 0. The predicted octanol–water partition coefficient (Wildman–Crippen LogP) is -4.07. The average molecular weight is 285 g/mol. The second-order valence-electron chi connectivity index (χ2n) is 3.05. The first-order valence-corrected chi connectivity index (χ1v) is 6.63. The zero-order chi connectivity index (χ0) is 9.80. The topological polar surface area (TPSA) is 12.9 Å². The van der Waals surface area contributed by atoms with Gasteiger partial charge in [0.05, 0.1) is 0 Å². The SMILES string of the molecule is Cc1ccnc([I-]C2=B[B][B][B][B]2)c1. The molecule has 62 valence electrons. The zero-order valence-corrected chi connectivity index (χ0v) is 10.1. The fourth-order valence-corrected chi connectivity index (χ4v) is 3.50. The number of rotatable bonds is 2. The molecule has 0 aliphatic carbocycles. The molecule has 1 aromatic rings. The maximum atomic E-state index is 4.38. The second-order valence-corrected chi connectivity index (χ2v) is 5.94. The fourth-order valence-electron chi connectivity index (χ4n) is 1.14. The molecule has 0 N–H and O–H groups in total. The van der Waals surface area contributed by atoms with Crippen molar-refractivity contribution >= 4 is 38.5 Å². The normalized spacial score (nSPS) is 13.9. The van der Waals surface area contributed by atoms with Crippen LogP contribution in [0.1, 0.15) is 5.56 Å². The van der Waals surface area contributed by atoms with E-state index in [0.29, 0.717) is 0 Å². The first kappa shape index (κ1) is 10.6. The Balaban J connectivity index is 2.06. The molecule has 0 bridgehead atoms. The van der Waals surface area contributed by atoms with Crippen LogP contribution in [0.25, 0.3) is 0 Å². The molecule has 1 aromatic heterocycles. The van der Waals surface area contributed by atoms with Crippen LogP contribution in [0.5, 0.6) is 0 Å². The Morgan fingerprint density at radius 3 is 2.93 bits per heavy atom. The molecule has 4 radical (unpaired) electrons. The zero-order valence-electron chi connectivity index (χ0n) is 7.94. The van der Waals surface area contributed by atoms with Crippen LogP contribution in [0.15, 0.2) is 18.3 Å². The van der Waals surface area contributed by atoms with E-state index in [1.807, 2.05) is 12.3 Å². The van der Waals surface area contributed by atoms with Gasteiger partial charge in [-0.3, -0.25) is 0 Å². The van der Waals surface area contributed by atoms with Crippen molar-refractivity contribution in [2.24, 2.45) is 0 Å². The average Bonchev–Trinajstić information content (AvgIpc) is 2.19. The van der Waals surface area contributed by atoms with Crippen LogP contribution in [-0.2, 0) is 0 Å². The van der Waals surface area contributed by atoms with Crippen LogP contribution in [0.4, 0.5) is 0 Å². The number of aromatic nitrogens is 1. The van der Waals surface area contributed by atoms with Crippen LogP contribution < -0.4 is 21.2 Å². The van der Waals surface area contributed by atoms with Gasteiger partial charge >= 0.3 is 99.2 Å². The molecule has 0 fully saturated rings. The Bertz CT molecular complexity index is 356. The van der Waals surface area contributed by atoms with Crippen molar-refractivity contribution in [2.45, 2.75) is 6.92 Å². The van der Waals surface area contributed by atoms with Gasteiger partial charge in [-0.25, -0.2) is 0 Å². The summed E-state index contributed by atoms with van der Waals surface area (Å²) in [6, 6.07) is 4.22. The molecule has 2 rings (SSSR count). The number of nitrogens with zero attached hydrogens (tertiary/aromatic N) is 1. The Labute approximate surface area is 98.9 Å². The summed E-state index contributed by atoms with van der Waals surface area (Å²) in [5.41, 5.74) is 1.30. The van der Waals surface area contributed by atoms with Crippen molar-refractivity contribution < 1.29 is 21.2 Å². The van der Waals surface area contributed by atoms with Gasteiger partial charge in [-0.05, 0) is 0 Å². The maximum absolute atomic E-state index is 4.38. The first-order valence-electron chi connectivity index (χ1n) is 4.47. The predicted molar refractivity (Wildman–Crippen MR) is 61.4 cm³/mol. The molecule has 0 unspecified atom stereocenters. The van der Waals surface area contributed by atoms with Gasteiger partial charge in [0, 0.05) is 0 Å². The summed E-state index contributed by atoms with van der Waals surface area (Å²) in [5.74, 6) is 0. The molecule has 0 saturated heterocycles.